The second kappa shape index (κ2) is 10.8. The zero-order chi connectivity index (χ0) is 24.1. The lowest BCUT2D eigenvalue weighted by Gasteiger charge is -2.37. The lowest BCUT2D eigenvalue weighted by atomic mass is 9.93. The molecule has 8 heteroatoms. The average molecular weight is 499 g/mol. The van der Waals surface area contributed by atoms with E-state index in [2.05, 4.69) is 11.4 Å². The molecule has 2 heterocycles. The van der Waals surface area contributed by atoms with E-state index < -0.39 is 10.0 Å². The Balaban J connectivity index is 1.63. The van der Waals surface area contributed by atoms with Crippen LogP contribution < -0.4 is 0 Å². The molecule has 0 radical (unpaired) electrons. The summed E-state index contributed by atoms with van der Waals surface area (Å²) in [5.74, 6) is -0.196. The molecule has 1 aliphatic rings. The van der Waals surface area contributed by atoms with Gasteiger partial charge in [-0.3, -0.25) is 4.79 Å². The van der Waals surface area contributed by atoms with E-state index >= 15 is 0 Å². The fourth-order valence-corrected chi connectivity index (χ4v) is 6.68. The molecule has 0 saturated carbocycles. The number of carbonyl (C=O) groups is 1. The van der Waals surface area contributed by atoms with Gasteiger partial charge in [0.1, 0.15) is 0 Å². The highest BCUT2D eigenvalue weighted by Gasteiger charge is 2.35. The second-order valence-corrected chi connectivity index (χ2v) is 11.4. The Kier molecular flexibility index (Phi) is 7.83. The first kappa shape index (κ1) is 24.6. The van der Waals surface area contributed by atoms with Crippen LogP contribution in [0.3, 0.4) is 0 Å². The van der Waals surface area contributed by atoms with Crippen LogP contribution in [-0.2, 0) is 26.0 Å². The third kappa shape index (κ3) is 5.25. The second-order valence-electron chi connectivity index (χ2n) is 8.45. The van der Waals surface area contributed by atoms with Gasteiger partial charge in [-0.25, -0.2) is 8.42 Å². The van der Waals surface area contributed by atoms with E-state index in [1.807, 2.05) is 42.2 Å². The van der Waals surface area contributed by atoms with E-state index in [1.54, 1.807) is 42.7 Å². The molecule has 0 bridgehead atoms. The predicted octanol–water partition coefficient (Wildman–Crippen LogP) is 4.26. The number of methoxy groups -OCH3 is 1. The van der Waals surface area contributed by atoms with Crippen molar-refractivity contribution < 1.29 is 17.9 Å². The van der Waals surface area contributed by atoms with Crippen molar-refractivity contribution in [2.45, 2.75) is 30.7 Å². The summed E-state index contributed by atoms with van der Waals surface area (Å²) in [7, 11) is -2.25. The van der Waals surface area contributed by atoms with Gasteiger partial charge in [-0.15, -0.1) is 11.3 Å². The summed E-state index contributed by atoms with van der Waals surface area (Å²) in [6.07, 6.45) is 1.28. The lowest BCUT2D eigenvalue weighted by molar-refractivity contribution is -0.133. The molecule has 0 fully saturated rings. The van der Waals surface area contributed by atoms with Crippen molar-refractivity contribution in [1.29, 1.82) is 0 Å². The van der Waals surface area contributed by atoms with Gasteiger partial charge in [0.05, 0.1) is 17.5 Å². The summed E-state index contributed by atoms with van der Waals surface area (Å²) in [5.41, 5.74) is 3.14. The van der Waals surface area contributed by atoms with E-state index in [-0.39, 0.29) is 29.9 Å². The van der Waals surface area contributed by atoms with Crippen LogP contribution in [0.1, 0.15) is 34.0 Å². The van der Waals surface area contributed by atoms with Crippen LogP contribution >= 0.6 is 11.3 Å². The molecule has 0 N–H and O–H groups in total. The summed E-state index contributed by atoms with van der Waals surface area (Å²) < 4.78 is 33.4. The Bertz CT molecular complexity index is 1210. The zero-order valence-electron chi connectivity index (χ0n) is 19.5. The molecule has 1 atom stereocenters. The SMILES string of the molecule is COCCCN(CC(=O)N1CCc2sccc2C1c1ccccc1)S(=O)(=O)c1ccc(C)cc1. The van der Waals surface area contributed by atoms with Crippen LogP contribution in [0.15, 0.2) is 70.9 Å². The molecule has 4 rings (SSSR count). The van der Waals surface area contributed by atoms with Crippen LogP contribution in [0.5, 0.6) is 0 Å². The van der Waals surface area contributed by atoms with E-state index in [9.17, 15) is 13.2 Å². The Morgan fingerprint density at radius 2 is 1.85 bits per heavy atom. The molecule has 1 aromatic heterocycles. The Morgan fingerprint density at radius 3 is 2.56 bits per heavy atom. The van der Waals surface area contributed by atoms with Gasteiger partial charge >= 0.3 is 0 Å². The fourth-order valence-electron chi connectivity index (χ4n) is 4.35. The lowest BCUT2D eigenvalue weighted by Crippen LogP contribution is -2.47. The van der Waals surface area contributed by atoms with Gasteiger partial charge in [-0.05, 0) is 54.5 Å². The number of hydrogen-bond donors (Lipinski definition) is 0. The summed E-state index contributed by atoms with van der Waals surface area (Å²) >= 11 is 1.71. The number of nitrogens with zero attached hydrogens (tertiary/aromatic N) is 2. The summed E-state index contributed by atoms with van der Waals surface area (Å²) in [6.45, 7) is 2.90. The molecule has 2 aromatic carbocycles. The number of rotatable bonds is 9. The van der Waals surface area contributed by atoms with Crippen molar-refractivity contribution in [2.75, 3.05) is 33.4 Å². The van der Waals surface area contributed by atoms with Gasteiger partial charge in [-0.1, -0.05) is 48.0 Å². The number of ether oxygens (including phenoxy) is 1. The largest absolute Gasteiger partial charge is 0.385 e. The third-order valence-electron chi connectivity index (χ3n) is 6.13. The minimum atomic E-state index is -3.83. The number of fused-ring (bicyclic) bond motifs is 1. The minimum Gasteiger partial charge on any atom is -0.385 e. The molecule has 0 saturated heterocycles. The molecule has 6 nitrogen and oxygen atoms in total. The Hall–Kier alpha value is -2.52. The van der Waals surface area contributed by atoms with Crippen molar-refractivity contribution >= 4 is 27.3 Å². The number of aryl methyl sites for hydroxylation is 1. The minimum absolute atomic E-state index is 0.196. The first-order chi connectivity index (χ1) is 16.4. The van der Waals surface area contributed by atoms with Crippen LogP contribution in [-0.4, -0.2) is 56.9 Å². The van der Waals surface area contributed by atoms with Gasteiger partial charge in [-0.2, -0.15) is 4.31 Å². The van der Waals surface area contributed by atoms with Gasteiger partial charge in [0.25, 0.3) is 0 Å². The molecule has 180 valence electrons. The number of sulfonamides is 1. The van der Waals surface area contributed by atoms with Crippen LogP contribution in [0.25, 0.3) is 0 Å². The van der Waals surface area contributed by atoms with Crippen molar-refractivity contribution in [3.8, 4) is 0 Å². The maximum Gasteiger partial charge on any atom is 0.243 e. The highest BCUT2D eigenvalue weighted by molar-refractivity contribution is 7.89. The first-order valence-electron chi connectivity index (χ1n) is 11.4. The number of hydrogen-bond acceptors (Lipinski definition) is 5. The van der Waals surface area contributed by atoms with Crippen molar-refractivity contribution in [1.82, 2.24) is 9.21 Å². The Labute approximate surface area is 205 Å². The zero-order valence-corrected chi connectivity index (χ0v) is 21.1. The average Bonchev–Trinajstić information content (AvgIpc) is 3.32. The molecule has 34 heavy (non-hydrogen) atoms. The summed E-state index contributed by atoms with van der Waals surface area (Å²) in [6, 6.07) is 18.6. The van der Waals surface area contributed by atoms with E-state index in [1.165, 1.54) is 9.18 Å². The van der Waals surface area contributed by atoms with Crippen LogP contribution in [0.4, 0.5) is 0 Å². The monoisotopic (exact) mass is 498 g/mol. The molecule has 0 spiro atoms. The number of thiophene rings is 1. The number of amides is 1. The topological polar surface area (TPSA) is 66.9 Å². The van der Waals surface area contributed by atoms with Gasteiger partial charge in [0.2, 0.25) is 15.9 Å². The molecule has 1 amide bonds. The summed E-state index contributed by atoms with van der Waals surface area (Å²) in [5, 5.41) is 2.06. The first-order valence-corrected chi connectivity index (χ1v) is 13.7. The van der Waals surface area contributed by atoms with Crippen LogP contribution in [0.2, 0.25) is 0 Å². The smallest absolute Gasteiger partial charge is 0.243 e. The van der Waals surface area contributed by atoms with Crippen molar-refractivity contribution in [3.63, 3.8) is 0 Å². The van der Waals surface area contributed by atoms with Crippen LogP contribution in [0, 0.1) is 6.92 Å². The Morgan fingerprint density at radius 1 is 1.12 bits per heavy atom. The van der Waals surface area contributed by atoms with Gasteiger partial charge < -0.3 is 9.64 Å². The summed E-state index contributed by atoms with van der Waals surface area (Å²) in [4.78, 5) is 17.0. The maximum absolute atomic E-state index is 13.7. The van der Waals surface area contributed by atoms with E-state index in [0.29, 0.717) is 19.6 Å². The number of carbonyl (C=O) groups excluding carboxylic acids is 1. The van der Waals surface area contributed by atoms with Gasteiger partial charge in [0.15, 0.2) is 0 Å². The van der Waals surface area contributed by atoms with E-state index in [4.69, 9.17) is 4.74 Å². The maximum atomic E-state index is 13.7. The fraction of sp³-hybridized carbons (Fsp3) is 0.346. The molecule has 1 unspecified atom stereocenters. The van der Waals surface area contributed by atoms with Crippen molar-refractivity contribution in [2.24, 2.45) is 0 Å². The highest BCUT2D eigenvalue weighted by atomic mass is 32.2. The molecule has 1 aliphatic heterocycles. The number of benzene rings is 2. The molecular formula is C26H30N2O4S2. The predicted molar refractivity (Wildman–Crippen MR) is 134 cm³/mol. The standard InChI is InChI=1S/C26H30N2O4S2/c1-20-9-11-22(12-10-20)34(30,31)27(15-6-17-32-2)19-25(29)28-16-13-24-23(14-18-33-24)26(28)21-7-4-3-5-8-21/h3-5,7-12,14,18,26H,6,13,15-17,19H2,1-2H3. The quantitative estimate of drug-likeness (QED) is 0.414. The highest BCUT2D eigenvalue weighted by Crippen LogP contribution is 2.38. The molecular weight excluding hydrogens is 468 g/mol. The van der Waals surface area contributed by atoms with E-state index in [0.717, 1.165) is 23.1 Å². The molecule has 0 aliphatic carbocycles. The molecule has 3 aromatic rings. The van der Waals surface area contributed by atoms with Crippen molar-refractivity contribution in [3.05, 3.63) is 87.6 Å². The third-order valence-corrected chi connectivity index (χ3v) is 8.98. The van der Waals surface area contributed by atoms with Gasteiger partial charge in [0, 0.05) is 31.7 Å². The normalized spacial score (nSPS) is 16.0.